The summed E-state index contributed by atoms with van der Waals surface area (Å²) < 4.78 is 5.05. The Morgan fingerprint density at radius 2 is 2.00 bits per heavy atom. The quantitative estimate of drug-likeness (QED) is 0.612. The molecule has 0 aromatic heterocycles. The number of primary amides is 1. The van der Waals surface area contributed by atoms with Gasteiger partial charge in [0, 0.05) is 0 Å². The Balaban J connectivity index is 2.85. The van der Waals surface area contributed by atoms with Crippen LogP contribution < -0.4 is 10.5 Å². The third-order valence-electron chi connectivity index (χ3n) is 1.88. The molecule has 0 bridgehead atoms. The van der Waals surface area contributed by atoms with E-state index in [9.17, 15) is 4.79 Å². The van der Waals surface area contributed by atoms with Gasteiger partial charge < -0.3 is 10.5 Å². The van der Waals surface area contributed by atoms with E-state index in [1.165, 1.54) is 6.08 Å². The molecule has 0 spiro atoms. The molecule has 0 heterocycles. The van der Waals surface area contributed by atoms with Gasteiger partial charge >= 0.3 is 0 Å². The van der Waals surface area contributed by atoms with E-state index in [0.717, 1.165) is 0 Å². The van der Waals surface area contributed by atoms with Crippen molar-refractivity contribution < 1.29 is 9.53 Å². The lowest BCUT2D eigenvalue weighted by atomic mass is 10.1. The van der Waals surface area contributed by atoms with Gasteiger partial charge in [0.2, 0.25) is 0 Å². The van der Waals surface area contributed by atoms with E-state index in [4.69, 9.17) is 21.0 Å². The van der Waals surface area contributed by atoms with Gasteiger partial charge in [-0.1, -0.05) is 12.1 Å². The highest BCUT2D eigenvalue weighted by Gasteiger charge is 2.03. The van der Waals surface area contributed by atoms with Crippen molar-refractivity contribution in [2.45, 2.75) is 0 Å². The zero-order valence-electron chi connectivity index (χ0n) is 8.88. The summed E-state index contributed by atoms with van der Waals surface area (Å²) in [7, 11) is 0. The first-order valence-corrected chi connectivity index (χ1v) is 4.69. The maximum Gasteiger partial charge on any atom is 0.259 e. The van der Waals surface area contributed by atoms with Gasteiger partial charge in [-0.05, 0) is 23.8 Å². The largest absolute Gasteiger partial charge is 0.479 e. The predicted molar refractivity (Wildman–Crippen MR) is 60.3 cm³/mol. The van der Waals surface area contributed by atoms with Crippen LogP contribution in [0.4, 0.5) is 0 Å². The Bertz CT molecular complexity index is 518. The van der Waals surface area contributed by atoms with Gasteiger partial charge in [-0.2, -0.15) is 10.5 Å². The van der Waals surface area contributed by atoms with Crippen LogP contribution in [-0.4, -0.2) is 12.5 Å². The van der Waals surface area contributed by atoms with Crippen molar-refractivity contribution in [3.8, 4) is 17.9 Å². The monoisotopic (exact) mass is 227 g/mol. The Morgan fingerprint density at radius 1 is 1.35 bits per heavy atom. The summed E-state index contributed by atoms with van der Waals surface area (Å²) in [4.78, 5) is 10.8. The number of carbonyl (C=O) groups excluding carboxylic acids is 1. The van der Waals surface area contributed by atoms with Crippen LogP contribution >= 0.6 is 0 Å². The summed E-state index contributed by atoms with van der Waals surface area (Å²) >= 11 is 0. The van der Waals surface area contributed by atoms with Crippen molar-refractivity contribution in [1.29, 1.82) is 10.5 Å². The van der Waals surface area contributed by atoms with Gasteiger partial charge in [0.1, 0.15) is 23.5 Å². The molecule has 0 unspecified atom stereocenters. The number of amides is 1. The maximum absolute atomic E-state index is 10.8. The molecule has 0 saturated carbocycles. The molecule has 2 N–H and O–H groups in total. The Hall–Kier alpha value is -2.79. The maximum atomic E-state index is 10.8. The van der Waals surface area contributed by atoms with Crippen LogP contribution in [0.25, 0.3) is 6.08 Å². The smallest absolute Gasteiger partial charge is 0.259 e. The highest BCUT2D eigenvalue weighted by molar-refractivity contribution is 6.00. The summed E-state index contributed by atoms with van der Waals surface area (Å²) in [6.07, 6.45) is 1.39. The molecule has 0 aliphatic rings. The summed E-state index contributed by atoms with van der Waals surface area (Å²) in [5.41, 5.74) is 5.54. The minimum Gasteiger partial charge on any atom is -0.479 e. The second-order valence-corrected chi connectivity index (χ2v) is 3.05. The number of carbonyl (C=O) groups is 1. The summed E-state index contributed by atoms with van der Waals surface area (Å²) in [5.74, 6) is -0.224. The van der Waals surface area contributed by atoms with Gasteiger partial charge in [0.05, 0.1) is 0 Å². The number of nitrogens with two attached hydrogens (primary N) is 1. The number of hydrogen-bond acceptors (Lipinski definition) is 4. The topological polar surface area (TPSA) is 99.9 Å². The minimum absolute atomic E-state index is 0.0279. The third kappa shape index (κ3) is 3.69. The molecule has 0 aliphatic heterocycles. The number of nitriles is 2. The first-order chi connectivity index (χ1) is 8.17. The van der Waals surface area contributed by atoms with Crippen molar-refractivity contribution in [2.24, 2.45) is 5.73 Å². The summed E-state index contributed by atoms with van der Waals surface area (Å²) in [5, 5.41) is 17.0. The standard InChI is InChI=1S/C12H9N3O2/c13-5-6-17-11-3-1-9(2-4-11)7-10(8-14)12(15)16/h1-4,7H,6H2,(H2,15,16)/b10-7-. The average molecular weight is 227 g/mol. The van der Waals surface area contributed by atoms with Gasteiger partial charge in [0.25, 0.3) is 5.91 Å². The SMILES string of the molecule is N#CCOc1ccc(/C=C(/C#N)C(N)=O)cc1. The van der Waals surface area contributed by atoms with Gasteiger partial charge in [-0.3, -0.25) is 4.79 Å². The Morgan fingerprint density at radius 3 is 2.47 bits per heavy atom. The molecule has 1 amide bonds. The second-order valence-electron chi connectivity index (χ2n) is 3.05. The molecule has 0 atom stereocenters. The van der Waals surface area contributed by atoms with Crippen molar-refractivity contribution in [3.63, 3.8) is 0 Å². The van der Waals surface area contributed by atoms with Crippen LogP contribution in [0.3, 0.4) is 0 Å². The third-order valence-corrected chi connectivity index (χ3v) is 1.88. The van der Waals surface area contributed by atoms with E-state index in [-0.39, 0.29) is 12.2 Å². The average Bonchev–Trinajstić information content (AvgIpc) is 2.34. The number of benzene rings is 1. The van der Waals surface area contributed by atoms with Crippen LogP contribution in [0.1, 0.15) is 5.56 Å². The lowest BCUT2D eigenvalue weighted by Crippen LogP contribution is -2.12. The van der Waals surface area contributed by atoms with Crippen molar-refractivity contribution in [1.82, 2.24) is 0 Å². The zero-order valence-corrected chi connectivity index (χ0v) is 8.88. The molecular formula is C12H9N3O2. The van der Waals surface area contributed by atoms with Crippen LogP contribution in [0.5, 0.6) is 5.75 Å². The highest BCUT2D eigenvalue weighted by atomic mass is 16.5. The molecule has 1 rings (SSSR count). The van der Waals surface area contributed by atoms with Crippen LogP contribution in [-0.2, 0) is 4.79 Å². The van der Waals surface area contributed by atoms with Gasteiger partial charge in [-0.25, -0.2) is 0 Å². The molecule has 1 aromatic rings. The van der Waals surface area contributed by atoms with E-state index in [1.807, 2.05) is 6.07 Å². The fourth-order valence-electron chi connectivity index (χ4n) is 1.10. The van der Waals surface area contributed by atoms with Crippen molar-refractivity contribution >= 4 is 12.0 Å². The molecule has 5 heteroatoms. The predicted octanol–water partition coefficient (Wildman–Crippen LogP) is 0.981. The molecule has 5 nitrogen and oxygen atoms in total. The second kappa shape index (κ2) is 5.94. The molecule has 0 radical (unpaired) electrons. The van der Waals surface area contributed by atoms with E-state index in [2.05, 4.69) is 0 Å². The summed E-state index contributed by atoms with van der Waals surface area (Å²) in [6.45, 7) is -0.0279. The lowest BCUT2D eigenvalue weighted by molar-refractivity contribution is -0.114. The molecule has 0 saturated heterocycles. The van der Waals surface area contributed by atoms with Crippen LogP contribution in [0.15, 0.2) is 29.8 Å². The number of hydrogen-bond donors (Lipinski definition) is 1. The van der Waals surface area contributed by atoms with Crippen LogP contribution in [0, 0.1) is 22.7 Å². The van der Waals surface area contributed by atoms with E-state index >= 15 is 0 Å². The van der Waals surface area contributed by atoms with E-state index < -0.39 is 5.91 Å². The van der Waals surface area contributed by atoms with Gasteiger partial charge in [-0.15, -0.1) is 0 Å². The van der Waals surface area contributed by atoms with E-state index in [0.29, 0.717) is 11.3 Å². The fourth-order valence-corrected chi connectivity index (χ4v) is 1.10. The first-order valence-electron chi connectivity index (χ1n) is 4.69. The molecule has 84 valence electrons. The molecular weight excluding hydrogens is 218 g/mol. The number of rotatable bonds is 4. The van der Waals surface area contributed by atoms with Gasteiger partial charge in [0.15, 0.2) is 6.61 Å². The number of ether oxygens (including phenoxy) is 1. The molecule has 0 fully saturated rings. The Kier molecular flexibility index (Phi) is 4.29. The van der Waals surface area contributed by atoms with Crippen molar-refractivity contribution in [3.05, 3.63) is 35.4 Å². The minimum atomic E-state index is -0.766. The first kappa shape index (κ1) is 12.3. The van der Waals surface area contributed by atoms with Crippen molar-refractivity contribution in [2.75, 3.05) is 6.61 Å². The fraction of sp³-hybridized carbons (Fsp3) is 0.0833. The molecule has 17 heavy (non-hydrogen) atoms. The molecule has 0 aliphatic carbocycles. The normalized spacial score (nSPS) is 10.1. The molecule has 1 aromatic carbocycles. The highest BCUT2D eigenvalue weighted by Crippen LogP contribution is 2.14. The lowest BCUT2D eigenvalue weighted by Gasteiger charge is -2.01. The summed E-state index contributed by atoms with van der Waals surface area (Å²) in [6, 6.07) is 10.2. The number of nitrogens with zero attached hydrogens (tertiary/aromatic N) is 2. The van der Waals surface area contributed by atoms with E-state index in [1.54, 1.807) is 30.3 Å². The Labute approximate surface area is 98.3 Å². The zero-order chi connectivity index (χ0) is 12.7. The van der Waals surface area contributed by atoms with Crippen LogP contribution in [0.2, 0.25) is 0 Å².